The molecule has 6 heteroatoms. The van der Waals surface area contributed by atoms with E-state index in [0.717, 1.165) is 18.4 Å². The molecule has 0 unspecified atom stereocenters. The highest BCUT2D eigenvalue weighted by Gasteiger charge is 2.24. The Bertz CT molecular complexity index is 552. The zero-order valence-electron chi connectivity index (χ0n) is 14.3. The van der Waals surface area contributed by atoms with E-state index in [2.05, 4.69) is 10.6 Å². The van der Waals surface area contributed by atoms with Gasteiger partial charge < -0.3 is 15.5 Å². The lowest BCUT2D eigenvalue weighted by Gasteiger charge is -2.33. The molecule has 1 aliphatic rings. The van der Waals surface area contributed by atoms with Gasteiger partial charge in [-0.1, -0.05) is 26.0 Å². The van der Waals surface area contributed by atoms with Crippen molar-refractivity contribution < 1.29 is 14.0 Å². The van der Waals surface area contributed by atoms with Gasteiger partial charge in [-0.25, -0.2) is 9.18 Å². The van der Waals surface area contributed by atoms with Crippen molar-refractivity contribution >= 4 is 11.9 Å². The lowest BCUT2D eigenvalue weighted by atomic mass is 10.0. The second kappa shape index (κ2) is 8.66. The van der Waals surface area contributed by atoms with E-state index in [4.69, 9.17) is 0 Å². The molecule has 1 heterocycles. The summed E-state index contributed by atoms with van der Waals surface area (Å²) in [6, 6.07) is 6.19. The third kappa shape index (κ3) is 5.51. The Kier molecular flexibility index (Phi) is 6.58. The first-order chi connectivity index (χ1) is 11.5. The molecule has 24 heavy (non-hydrogen) atoms. The van der Waals surface area contributed by atoms with Crippen molar-refractivity contribution in [1.29, 1.82) is 0 Å². The molecule has 0 aliphatic carbocycles. The Labute approximate surface area is 142 Å². The predicted octanol–water partition coefficient (Wildman–Crippen LogP) is 2.31. The van der Waals surface area contributed by atoms with Crippen molar-refractivity contribution in [3.8, 4) is 0 Å². The number of benzene rings is 1. The number of likely N-dealkylation sites (tertiary alicyclic amines) is 1. The van der Waals surface area contributed by atoms with Crippen molar-refractivity contribution in [3.05, 3.63) is 35.6 Å². The minimum atomic E-state index is -0.258. The summed E-state index contributed by atoms with van der Waals surface area (Å²) in [4.78, 5) is 25.7. The lowest BCUT2D eigenvalue weighted by Crippen LogP contribution is -2.50. The summed E-state index contributed by atoms with van der Waals surface area (Å²) in [6.07, 6.45) is 2.22. The topological polar surface area (TPSA) is 61.4 Å². The lowest BCUT2D eigenvalue weighted by molar-refractivity contribution is -0.135. The summed E-state index contributed by atoms with van der Waals surface area (Å²) >= 11 is 0. The summed E-state index contributed by atoms with van der Waals surface area (Å²) < 4.78 is 12.8. The number of piperidine rings is 1. The van der Waals surface area contributed by atoms with Gasteiger partial charge in [0.2, 0.25) is 5.91 Å². The minimum absolute atomic E-state index is 0.0178. The number of carbonyl (C=O) groups is 2. The fraction of sp³-hybridized carbons (Fsp3) is 0.556. The van der Waals surface area contributed by atoms with Crippen LogP contribution in [0.25, 0.3) is 0 Å². The summed E-state index contributed by atoms with van der Waals surface area (Å²) in [6.45, 7) is 5.69. The van der Waals surface area contributed by atoms with E-state index in [1.165, 1.54) is 12.1 Å². The van der Waals surface area contributed by atoms with Gasteiger partial charge in [0.25, 0.3) is 0 Å². The van der Waals surface area contributed by atoms with Crippen molar-refractivity contribution in [2.24, 2.45) is 5.92 Å². The average molecular weight is 335 g/mol. The van der Waals surface area contributed by atoms with E-state index in [0.29, 0.717) is 26.1 Å². The first-order valence-corrected chi connectivity index (χ1v) is 8.53. The Morgan fingerprint density at radius 1 is 1.21 bits per heavy atom. The second-order valence-electron chi connectivity index (χ2n) is 6.53. The second-order valence-corrected chi connectivity index (χ2v) is 6.53. The number of urea groups is 1. The first kappa shape index (κ1) is 18.2. The smallest absolute Gasteiger partial charge is 0.315 e. The van der Waals surface area contributed by atoms with Crippen molar-refractivity contribution in [2.45, 2.75) is 39.2 Å². The summed E-state index contributed by atoms with van der Waals surface area (Å²) in [5, 5.41) is 5.78. The number of nitrogens with one attached hydrogen (secondary N) is 2. The van der Waals surface area contributed by atoms with Crippen molar-refractivity contribution in [1.82, 2.24) is 15.5 Å². The summed E-state index contributed by atoms with van der Waals surface area (Å²) in [5.74, 6) is -0.0618. The molecule has 0 atom stereocenters. The molecule has 5 nitrogen and oxygen atoms in total. The number of nitrogens with zero attached hydrogens (tertiary/aromatic N) is 1. The maximum Gasteiger partial charge on any atom is 0.315 e. The average Bonchev–Trinajstić information content (AvgIpc) is 2.56. The van der Waals surface area contributed by atoms with Crippen LogP contribution in [-0.4, -0.2) is 42.5 Å². The Morgan fingerprint density at radius 3 is 2.42 bits per heavy atom. The Morgan fingerprint density at radius 2 is 1.83 bits per heavy atom. The highest BCUT2D eigenvalue weighted by atomic mass is 19.1. The molecule has 1 aromatic carbocycles. The predicted molar refractivity (Wildman–Crippen MR) is 91.1 cm³/mol. The van der Waals surface area contributed by atoms with E-state index in [1.54, 1.807) is 12.1 Å². The van der Waals surface area contributed by atoms with Crippen LogP contribution in [0.5, 0.6) is 0 Å². The quantitative estimate of drug-likeness (QED) is 0.867. The molecule has 3 amide bonds. The van der Waals surface area contributed by atoms with Crippen LogP contribution in [0.3, 0.4) is 0 Å². The molecule has 0 saturated carbocycles. The van der Waals surface area contributed by atoms with Crippen LogP contribution < -0.4 is 10.6 Å². The van der Waals surface area contributed by atoms with Gasteiger partial charge in [-0.05, 0) is 37.0 Å². The zero-order valence-corrected chi connectivity index (χ0v) is 14.3. The molecule has 0 radical (unpaired) electrons. The summed E-state index contributed by atoms with van der Waals surface area (Å²) in [7, 11) is 0. The number of hydrogen-bond acceptors (Lipinski definition) is 2. The van der Waals surface area contributed by atoms with Crippen LogP contribution in [0.15, 0.2) is 24.3 Å². The molecule has 1 aromatic rings. The molecule has 1 aliphatic heterocycles. The molecular weight excluding hydrogens is 309 g/mol. The molecule has 0 bridgehead atoms. The third-order valence-electron chi connectivity index (χ3n) is 4.25. The molecule has 0 aromatic heterocycles. The van der Waals surface area contributed by atoms with Crippen LogP contribution >= 0.6 is 0 Å². The normalized spacial score (nSPS) is 15.4. The maximum atomic E-state index is 12.8. The Balaban J connectivity index is 1.64. The van der Waals surface area contributed by atoms with Gasteiger partial charge >= 0.3 is 6.03 Å². The molecule has 0 spiro atoms. The van der Waals surface area contributed by atoms with Gasteiger partial charge in [0.1, 0.15) is 5.82 Å². The van der Waals surface area contributed by atoms with Crippen LogP contribution in [0.4, 0.5) is 9.18 Å². The van der Waals surface area contributed by atoms with E-state index in [-0.39, 0.29) is 29.7 Å². The maximum absolute atomic E-state index is 12.8. The summed E-state index contributed by atoms with van der Waals surface area (Å²) in [5.41, 5.74) is 0.984. The first-order valence-electron chi connectivity index (χ1n) is 8.53. The molecular formula is C18H26FN3O2. The highest BCUT2D eigenvalue weighted by molar-refractivity contribution is 5.78. The number of hydrogen-bond donors (Lipinski definition) is 2. The van der Waals surface area contributed by atoms with Crippen LogP contribution in [0.1, 0.15) is 32.3 Å². The van der Waals surface area contributed by atoms with Crippen LogP contribution in [0, 0.1) is 11.7 Å². The fourth-order valence-electron chi connectivity index (χ4n) is 2.82. The van der Waals surface area contributed by atoms with Gasteiger partial charge in [0.15, 0.2) is 0 Å². The van der Waals surface area contributed by atoms with Gasteiger partial charge in [-0.3, -0.25) is 4.79 Å². The van der Waals surface area contributed by atoms with E-state index in [9.17, 15) is 14.0 Å². The Hall–Kier alpha value is -2.11. The highest BCUT2D eigenvalue weighted by Crippen LogP contribution is 2.13. The third-order valence-corrected chi connectivity index (χ3v) is 4.25. The molecule has 2 rings (SSSR count). The van der Waals surface area contributed by atoms with E-state index in [1.807, 2.05) is 18.7 Å². The van der Waals surface area contributed by atoms with Crippen molar-refractivity contribution in [3.63, 3.8) is 0 Å². The largest absolute Gasteiger partial charge is 0.342 e. The van der Waals surface area contributed by atoms with Crippen LogP contribution in [0.2, 0.25) is 0 Å². The standard InChI is InChI=1S/C18H26FN3O2/c1-13(2)17(23)22-11-8-16(9-12-22)21-18(24)20-10-7-14-3-5-15(19)6-4-14/h3-6,13,16H,7-12H2,1-2H3,(H2,20,21,24). The SMILES string of the molecule is CC(C)C(=O)N1CCC(NC(=O)NCCc2ccc(F)cc2)CC1. The van der Waals surface area contributed by atoms with Gasteiger partial charge in [-0.15, -0.1) is 0 Å². The van der Waals surface area contributed by atoms with Crippen molar-refractivity contribution in [2.75, 3.05) is 19.6 Å². The van der Waals surface area contributed by atoms with E-state index < -0.39 is 0 Å². The van der Waals surface area contributed by atoms with Crippen LogP contribution in [-0.2, 0) is 11.2 Å². The zero-order chi connectivity index (χ0) is 17.5. The molecule has 132 valence electrons. The van der Waals surface area contributed by atoms with E-state index >= 15 is 0 Å². The number of amides is 3. The fourth-order valence-corrected chi connectivity index (χ4v) is 2.82. The van der Waals surface area contributed by atoms with Gasteiger partial charge in [0.05, 0.1) is 0 Å². The van der Waals surface area contributed by atoms with Gasteiger partial charge in [0, 0.05) is 31.6 Å². The number of carbonyl (C=O) groups excluding carboxylic acids is 2. The molecule has 1 fully saturated rings. The number of halogens is 1. The molecule has 2 N–H and O–H groups in total. The minimum Gasteiger partial charge on any atom is -0.342 e. The molecule has 1 saturated heterocycles. The monoisotopic (exact) mass is 335 g/mol. The van der Waals surface area contributed by atoms with Gasteiger partial charge in [-0.2, -0.15) is 0 Å². The number of rotatable bonds is 5.